The molecule has 11 nitrogen and oxygen atoms in total. The fraction of sp³-hybridized carbons (Fsp3) is 0.474. The van der Waals surface area contributed by atoms with E-state index in [0.29, 0.717) is 24.3 Å². The highest BCUT2D eigenvalue weighted by molar-refractivity contribution is 7.48. The molecule has 3 aromatic heterocycles. The van der Waals surface area contributed by atoms with Crippen molar-refractivity contribution in [1.82, 2.24) is 24.6 Å². The van der Waals surface area contributed by atoms with Crippen LogP contribution in [-0.2, 0) is 22.9 Å². The van der Waals surface area contributed by atoms with Gasteiger partial charge in [0.15, 0.2) is 11.5 Å². The van der Waals surface area contributed by atoms with Crippen molar-refractivity contribution in [2.45, 2.75) is 38.1 Å². The van der Waals surface area contributed by atoms with Crippen LogP contribution in [0.1, 0.15) is 43.2 Å². The average Bonchev–Trinajstić information content (AvgIpc) is 3.37. The third-order valence-electron chi connectivity index (χ3n) is 5.52. The van der Waals surface area contributed by atoms with E-state index >= 15 is 0 Å². The van der Waals surface area contributed by atoms with E-state index < -0.39 is 7.82 Å². The maximum absolute atomic E-state index is 13.0. The van der Waals surface area contributed by atoms with Gasteiger partial charge in [-0.1, -0.05) is 6.92 Å². The molecule has 0 aromatic carbocycles. The summed E-state index contributed by atoms with van der Waals surface area (Å²) >= 11 is 0. The van der Waals surface area contributed by atoms with Gasteiger partial charge in [-0.05, 0) is 30.0 Å². The molecule has 12 heteroatoms. The van der Waals surface area contributed by atoms with Crippen molar-refractivity contribution < 1.29 is 22.9 Å². The van der Waals surface area contributed by atoms with E-state index in [9.17, 15) is 4.57 Å². The maximum Gasteiger partial charge on any atom is 0.475 e. The van der Waals surface area contributed by atoms with Crippen LogP contribution in [0.15, 0.2) is 37.1 Å². The molecule has 0 spiro atoms. The predicted molar refractivity (Wildman–Crippen MR) is 109 cm³/mol. The molecule has 5 rings (SSSR count). The topological polar surface area (TPSA) is 136 Å². The summed E-state index contributed by atoms with van der Waals surface area (Å²) in [5.74, 6) is 0.476. The fourth-order valence-electron chi connectivity index (χ4n) is 4.01. The fourth-order valence-corrected chi connectivity index (χ4v) is 5.42. The zero-order valence-electron chi connectivity index (χ0n) is 16.9. The van der Waals surface area contributed by atoms with Gasteiger partial charge >= 0.3 is 7.82 Å². The first-order valence-electron chi connectivity index (χ1n) is 10.1. The molecular formula is C19H23N6O5P. The Morgan fingerprint density at radius 3 is 3.00 bits per heavy atom. The molecule has 2 aliphatic heterocycles. The molecular weight excluding hydrogens is 423 g/mol. The van der Waals surface area contributed by atoms with Crippen molar-refractivity contribution in [2.24, 2.45) is 5.92 Å². The third-order valence-corrected chi connectivity index (χ3v) is 7.00. The largest absolute Gasteiger partial charge is 0.475 e. The summed E-state index contributed by atoms with van der Waals surface area (Å²) < 4.78 is 37.5. The normalized spacial score (nSPS) is 31.3. The zero-order chi connectivity index (χ0) is 21.4. The maximum atomic E-state index is 13.0. The Kier molecular flexibility index (Phi) is 5.45. The summed E-state index contributed by atoms with van der Waals surface area (Å²) in [5, 5.41) is 4.24. The van der Waals surface area contributed by atoms with E-state index in [1.807, 2.05) is 12.1 Å². The second-order valence-electron chi connectivity index (χ2n) is 7.69. The highest BCUT2D eigenvalue weighted by Gasteiger charge is 2.40. The minimum absolute atomic E-state index is 0.0923. The highest BCUT2D eigenvalue weighted by Crippen LogP contribution is 2.57. The summed E-state index contributed by atoms with van der Waals surface area (Å²) in [6.07, 6.45) is 6.85. The van der Waals surface area contributed by atoms with Crippen molar-refractivity contribution in [1.29, 1.82) is 0 Å². The zero-order valence-corrected chi connectivity index (χ0v) is 17.8. The van der Waals surface area contributed by atoms with Gasteiger partial charge in [-0.2, -0.15) is 5.10 Å². The Morgan fingerprint density at radius 1 is 1.32 bits per heavy atom. The molecule has 31 heavy (non-hydrogen) atoms. The monoisotopic (exact) mass is 446 g/mol. The van der Waals surface area contributed by atoms with Gasteiger partial charge in [0.1, 0.15) is 12.4 Å². The Balaban J connectivity index is 1.24. The van der Waals surface area contributed by atoms with Crippen molar-refractivity contribution in [3.05, 3.63) is 48.3 Å². The standard InChI is InChI=1S/C19H23N6O5P/c1-12-8-14(29-17(12)15-9-22-19-18(20)23-11-24-25(15)19)10-28-31(26)27-7-4-16(30-31)13-2-5-21-6-3-13/h2-3,5-6,9,11-12,14,16-17H,4,7-8,10H2,1H3,(H2,20,23,24)/t12-,14-,16-,17+,31+/m0/s1. The number of phosphoric acid groups is 1. The molecule has 0 bridgehead atoms. The molecule has 2 fully saturated rings. The number of hydrogen-bond donors (Lipinski definition) is 1. The quantitative estimate of drug-likeness (QED) is 0.583. The molecule has 0 saturated carbocycles. The van der Waals surface area contributed by atoms with E-state index in [2.05, 4.69) is 27.0 Å². The number of phosphoric ester groups is 1. The molecule has 2 aliphatic rings. The second kappa shape index (κ2) is 8.25. The van der Waals surface area contributed by atoms with Crippen molar-refractivity contribution in [3.8, 4) is 0 Å². The van der Waals surface area contributed by atoms with Gasteiger partial charge in [-0.3, -0.25) is 18.6 Å². The molecule has 0 unspecified atom stereocenters. The Labute approximate surface area is 178 Å². The average molecular weight is 446 g/mol. The highest BCUT2D eigenvalue weighted by atomic mass is 31.2. The lowest BCUT2D eigenvalue weighted by atomic mass is 10.00. The molecule has 5 atom stereocenters. The predicted octanol–water partition coefficient (Wildman–Crippen LogP) is 2.87. The second-order valence-corrected chi connectivity index (χ2v) is 9.32. The van der Waals surface area contributed by atoms with E-state index in [1.54, 1.807) is 23.1 Å². The van der Waals surface area contributed by atoms with Crippen LogP contribution < -0.4 is 5.73 Å². The number of nitrogens with two attached hydrogens (primary N) is 1. The van der Waals surface area contributed by atoms with Gasteiger partial charge in [0.25, 0.3) is 0 Å². The van der Waals surface area contributed by atoms with Gasteiger partial charge in [0.2, 0.25) is 0 Å². The van der Waals surface area contributed by atoms with Gasteiger partial charge in [0, 0.05) is 18.8 Å². The molecule has 2 saturated heterocycles. The van der Waals surface area contributed by atoms with Gasteiger partial charge in [-0.25, -0.2) is 19.0 Å². The molecule has 2 N–H and O–H groups in total. The van der Waals surface area contributed by atoms with E-state index in [4.69, 9.17) is 24.0 Å². The molecule has 3 aromatic rings. The van der Waals surface area contributed by atoms with Crippen LogP contribution in [0.25, 0.3) is 5.65 Å². The van der Waals surface area contributed by atoms with Crippen molar-refractivity contribution in [2.75, 3.05) is 18.9 Å². The summed E-state index contributed by atoms with van der Waals surface area (Å²) in [5.41, 5.74) is 8.04. The first-order chi connectivity index (χ1) is 15.0. The molecule has 0 amide bonds. The van der Waals surface area contributed by atoms with Crippen LogP contribution in [0.2, 0.25) is 0 Å². The minimum Gasteiger partial charge on any atom is -0.381 e. The number of imidazole rings is 1. The Morgan fingerprint density at radius 2 is 2.16 bits per heavy atom. The molecule has 164 valence electrons. The number of hydrogen-bond acceptors (Lipinski definition) is 10. The van der Waals surface area contributed by atoms with Crippen molar-refractivity contribution in [3.63, 3.8) is 0 Å². The van der Waals surface area contributed by atoms with E-state index in [-0.39, 0.29) is 37.4 Å². The first-order valence-corrected chi connectivity index (χ1v) is 11.6. The van der Waals surface area contributed by atoms with Crippen LogP contribution in [0.4, 0.5) is 5.82 Å². The SMILES string of the molecule is C[C@H]1C[C@@H](CO[P@@]2(=O)OCC[C@@H](c3ccncc3)O2)O[C@H]1c1cnc2c(N)ncnn12. The number of rotatable bonds is 5. The van der Waals surface area contributed by atoms with E-state index in [0.717, 1.165) is 11.3 Å². The van der Waals surface area contributed by atoms with Gasteiger partial charge in [-0.15, -0.1) is 0 Å². The summed E-state index contributed by atoms with van der Waals surface area (Å²) in [6.45, 7) is 2.45. The number of nitrogens with zero attached hydrogens (tertiary/aromatic N) is 5. The number of fused-ring (bicyclic) bond motifs is 1. The van der Waals surface area contributed by atoms with Crippen molar-refractivity contribution >= 4 is 19.3 Å². The first kappa shape index (κ1) is 20.5. The number of aromatic nitrogens is 5. The third kappa shape index (κ3) is 4.07. The van der Waals surface area contributed by atoms with Gasteiger partial charge in [0.05, 0.1) is 37.3 Å². The summed E-state index contributed by atoms with van der Waals surface area (Å²) in [7, 11) is -3.69. The van der Waals surface area contributed by atoms with Gasteiger partial charge < -0.3 is 10.5 Å². The number of pyridine rings is 1. The summed E-state index contributed by atoms with van der Waals surface area (Å²) in [4.78, 5) is 12.3. The molecule has 0 radical (unpaired) electrons. The summed E-state index contributed by atoms with van der Waals surface area (Å²) in [6, 6.07) is 3.66. The lowest BCUT2D eigenvalue weighted by molar-refractivity contribution is -0.0192. The lowest BCUT2D eigenvalue weighted by Gasteiger charge is -2.29. The Bertz CT molecular complexity index is 1110. The number of anilines is 1. The van der Waals surface area contributed by atoms with Crippen LogP contribution in [-0.4, -0.2) is 43.9 Å². The van der Waals surface area contributed by atoms with Crippen LogP contribution in [0, 0.1) is 5.92 Å². The number of nitrogen functional groups attached to an aromatic ring is 1. The molecule has 0 aliphatic carbocycles. The molecule has 5 heterocycles. The Hall–Kier alpha value is -2.43. The smallest absolute Gasteiger partial charge is 0.381 e. The number of ether oxygens (including phenoxy) is 1. The van der Waals surface area contributed by atoms with Crippen LogP contribution in [0.5, 0.6) is 0 Å². The van der Waals surface area contributed by atoms with Crippen LogP contribution in [0.3, 0.4) is 0 Å². The van der Waals surface area contributed by atoms with Crippen LogP contribution >= 0.6 is 7.82 Å². The minimum atomic E-state index is -3.69. The lowest BCUT2D eigenvalue weighted by Crippen LogP contribution is -2.19. The van der Waals surface area contributed by atoms with E-state index in [1.165, 1.54) is 6.33 Å².